The molecule has 0 aliphatic heterocycles. The second-order valence-electron chi connectivity index (χ2n) is 4.46. The van der Waals surface area contributed by atoms with Gasteiger partial charge in [0.05, 0.1) is 0 Å². The van der Waals surface area contributed by atoms with E-state index in [1.807, 2.05) is 12.1 Å². The lowest BCUT2D eigenvalue weighted by molar-refractivity contribution is 0.475. The molecule has 0 bridgehead atoms. The molecule has 0 spiro atoms. The van der Waals surface area contributed by atoms with Crippen molar-refractivity contribution in [2.75, 3.05) is 0 Å². The molecule has 0 aliphatic carbocycles. The minimum Gasteiger partial charge on any atom is -0.508 e. The molecule has 120 valence electrons. The Morgan fingerprint density at radius 1 is 0.522 bits per heavy atom. The monoisotopic (exact) mass is 328 g/mol. The summed E-state index contributed by atoms with van der Waals surface area (Å²) in [5, 5.41) is 27.0. The van der Waals surface area contributed by atoms with E-state index in [1.165, 1.54) is 0 Å². The van der Waals surface area contributed by atoms with Crippen LogP contribution in [0.2, 0.25) is 0 Å². The van der Waals surface area contributed by atoms with E-state index in [9.17, 15) is 0 Å². The number of phenols is 3. The normalized spacial score (nSPS) is 9.43. The minimum atomic E-state index is -1.19. The van der Waals surface area contributed by atoms with Gasteiger partial charge in [-0.2, -0.15) is 0 Å². The van der Waals surface area contributed by atoms with Crippen LogP contribution in [0.1, 0.15) is 0 Å². The molecule has 0 saturated carbocycles. The Bertz CT molecular complexity index is 623. The van der Waals surface area contributed by atoms with Crippen molar-refractivity contribution in [2.24, 2.45) is 0 Å². The molecule has 0 amide bonds. The van der Waals surface area contributed by atoms with Crippen molar-refractivity contribution in [3.63, 3.8) is 0 Å². The third-order valence-electron chi connectivity index (χ3n) is 2.67. The standard InChI is InChI=1S/C6H8O2Si.2C6H6O/c7-5-3-1-2-4-6(5)9-8;2*7-6-4-2-1-3-5-6/h1-4,7-8H,9H2;2*1-5,7H. The summed E-state index contributed by atoms with van der Waals surface area (Å²) in [5.74, 6) is 0.858. The molecule has 3 aromatic rings. The highest BCUT2D eigenvalue weighted by Gasteiger charge is 1.94. The maximum atomic E-state index is 8.99. The van der Waals surface area contributed by atoms with E-state index in [1.54, 1.807) is 72.8 Å². The summed E-state index contributed by atoms with van der Waals surface area (Å²) in [6.07, 6.45) is 0. The van der Waals surface area contributed by atoms with Crippen LogP contribution in [0.3, 0.4) is 0 Å². The van der Waals surface area contributed by atoms with Crippen molar-refractivity contribution < 1.29 is 20.1 Å². The maximum absolute atomic E-state index is 8.99. The fourth-order valence-electron chi connectivity index (χ4n) is 1.50. The number of phenolic OH excluding ortho intramolecular Hbond substituents is 3. The number of hydrogen-bond donors (Lipinski definition) is 4. The molecule has 0 aliphatic rings. The highest BCUT2D eigenvalue weighted by molar-refractivity contribution is 6.46. The topological polar surface area (TPSA) is 80.9 Å². The van der Waals surface area contributed by atoms with Crippen molar-refractivity contribution in [1.82, 2.24) is 0 Å². The Hall–Kier alpha value is -2.76. The summed E-state index contributed by atoms with van der Waals surface area (Å²) in [7, 11) is -1.19. The van der Waals surface area contributed by atoms with Crippen LogP contribution in [0.5, 0.6) is 17.2 Å². The first-order valence-electron chi connectivity index (χ1n) is 6.99. The Morgan fingerprint density at radius 3 is 1.17 bits per heavy atom. The van der Waals surface area contributed by atoms with Gasteiger partial charge in [0, 0.05) is 5.19 Å². The third-order valence-corrected chi connectivity index (χ3v) is 3.61. The zero-order valence-electron chi connectivity index (χ0n) is 12.6. The van der Waals surface area contributed by atoms with Gasteiger partial charge >= 0.3 is 0 Å². The first kappa shape index (κ1) is 18.3. The predicted octanol–water partition coefficient (Wildman–Crippen LogP) is 1.88. The Morgan fingerprint density at radius 2 is 0.913 bits per heavy atom. The molecule has 0 radical (unpaired) electrons. The molecule has 5 heteroatoms. The van der Waals surface area contributed by atoms with Crippen molar-refractivity contribution in [3.05, 3.63) is 84.9 Å². The predicted molar refractivity (Wildman–Crippen MR) is 94.7 cm³/mol. The van der Waals surface area contributed by atoms with Gasteiger partial charge in [-0.3, -0.25) is 0 Å². The third kappa shape index (κ3) is 8.30. The van der Waals surface area contributed by atoms with Gasteiger partial charge in [0.1, 0.15) is 17.2 Å². The summed E-state index contributed by atoms with van der Waals surface area (Å²) < 4.78 is 0. The summed E-state index contributed by atoms with van der Waals surface area (Å²) >= 11 is 0. The quantitative estimate of drug-likeness (QED) is 0.514. The molecular formula is C18H20O4Si. The first-order valence-corrected chi connectivity index (χ1v) is 8.33. The van der Waals surface area contributed by atoms with Crippen LogP contribution in [-0.4, -0.2) is 29.9 Å². The van der Waals surface area contributed by atoms with Crippen LogP contribution >= 0.6 is 0 Å². The van der Waals surface area contributed by atoms with Gasteiger partial charge in [0.15, 0.2) is 9.76 Å². The smallest absolute Gasteiger partial charge is 0.191 e. The number of para-hydroxylation sites is 3. The maximum Gasteiger partial charge on any atom is 0.191 e. The van der Waals surface area contributed by atoms with Gasteiger partial charge in [-0.1, -0.05) is 54.6 Å². The lowest BCUT2D eigenvalue weighted by Gasteiger charge is -1.95. The number of hydrogen-bond acceptors (Lipinski definition) is 4. The van der Waals surface area contributed by atoms with Crippen LogP contribution in [-0.2, 0) is 0 Å². The van der Waals surface area contributed by atoms with Crippen LogP contribution in [0.4, 0.5) is 0 Å². The molecule has 23 heavy (non-hydrogen) atoms. The van der Waals surface area contributed by atoms with E-state index in [4.69, 9.17) is 20.1 Å². The molecule has 0 aromatic heterocycles. The van der Waals surface area contributed by atoms with Crippen molar-refractivity contribution >= 4 is 14.9 Å². The van der Waals surface area contributed by atoms with Gasteiger partial charge in [-0.05, 0) is 30.3 Å². The summed E-state index contributed by atoms with van der Waals surface area (Å²) in [6, 6.07) is 24.3. The van der Waals surface area contributed by atoms with E-state index in [0.717, 1.165) is 0 Å². The zero-order chi connectivity index (χ0) is 16.9. The SMILES string of the molecule is O[SiH2]c1ccccc1O.Oc1ccccc1.Oc1ccccc1. The molecular weight excluding hydrogens is 308 g/mol. The van der Waals surface area contributed by atoms with Crippen molar-refractivity contribution in [3.8, 4) is 17.2 Å². The molecule has 3 rings (SSSR count). The molecule has 4 N–H and O–H groups in total. The van der Waals surface area contributed by atoms with Gasteiger partial charge in [-0.15, -0.1) is 0 Å². The summed E-state index contributed by atoms with van der Waals surface area (Å²) in [4.78, 5) is 8.70. The Kier molecular flexibility index (Phi) is 8.66. The summed E-state index contributed by atoms with van der Waals surface area (Å²) in [6.45, 7) is 0. The van der Waals surface area contributed by atoms with Gasteiger partial charge in [-0.25, -0.2) is 0 Å². The second kappa shape index (κ2) is 10.9. The van der Waals surface area contributed by atoms with E-state index >= 15 is 0 Å². The average Bonchev–Trinajstić information content (AvgIpc) is 2.58. The largest absolute Gasteiger partial charge is 0.508 e. The molecule has 0 fully saturated rings. The van der Waals surface area contributed by atoms with Crippen LogP contribution in [0.15, 0.2) is 84.9 Å². The Balaban J connectivity index is 0.000000175. The lowest BCUT2D eigenvalue weighted by atomic mass is 10.3. The first-order chi connectivity index (χ1) is 11.1. The van der Waals surface area contributed by atoms with Crippen LogP contribution < -0.4 is 5.19 Å². The highest BCUT2D eigenvalue weighted by Crippen LogP contribution is 2.03. The molecule has 0 unspecified atom stereocenters. The summed E-state index contributed by atoms with van der Waals surface area (Å²) in [5.41, 5.74) is 0. The number of aromatic hydroxyl groups is 3. The number of rotatable bonds is 1. The van der Waals surface area contributed by atoms with E-state index < -0.39 is 9.76 Å². The van der Waals surface area contributed by atoms with Crippen LogP contribution in [0, 0.1) is 0 Å². The molecule has 4 nitrogen and oxygen atoms in total. The Labute approximate surface area is 137 Å². The van der Waals surface area contributed by atoms with Gasteiger partial charge < -0.3 is 20.1 Å². The van der Waals surface area contributed by atoms with Crippen molar-refractivity contribution in [2.45, 2.75) is 0 Å². The zero-order valence-corrected chi connectivity index (χ0v) is 14.0. The second-order valence-corrected chi connectivity index (χ2v) is 5.54. The highest BCUT2D eigenvalue weighted by atomic mass is 28.2. The fourth-order valence-corrected chi connectivity index (χ4v) is 2.02. The van der Waals surface area contributed by atoms with Gasteiger partial charge in [0.25, 0.3) is 0 Å². The molecule has 0 saturated heterocycles. The molecule has 0 atom stereocenters. The lowest BCUT2D eigenvalue weighted by Crippen LogP contribution is -2.12. The van der Waals surface area contributed by atoms with E-state index in [2.05, 4.69) is 0 Å². The average molecular weight is 328 g/mol. The fraction of sp³-hybridized carbons (Fsp3) is 0. The number of benzene rings is 3. The molecule has 0 heterocycles. The minimum absolute atomic E-state index is 0.215. The van der Waals surface area contributed by atoms with Gasteiger partial charge in [0.2, 0.25) is 0 Å². The molecule has 3 aromatic carbocycles. The van der Waals surface area contributed by atoms with Crippen molar-refractivity contribution in [1.29, 1.82) is 0 Å². The van der Waals surface area contributed by atoms with Crippen LogP contribution in [0.25, 0.3) is 0 Å². The van der Waals surface area contributed by atoms with E-state index in [-0.39, 0.29) is 5.75 Å². The van der Waals surface area contributed by atoms with E-state index in [0.29, 0.717) is 16.7 Å².